The molecule has 2 unspecified atom stereocenters. The van der Waals surface area contributed by atoms with Gasteiger partial charge in [-0.1, -0.05) is 6.58 Å². The van der Waals surface area contributed by atoms with Gasteiger partial charge in [0.1, 0.15) is 22.4 Å². The van der Waals surface area contributed by atoms with Crippen molar-refractivity contribution in [2.24, 2.45) is 4.99 Å². The highest BCUT2D eigenvalue weighted by molar-refractivity contribution is 7.91. The summed E-state index contributed by atoms with van der Waals surface area (Å²) in [5, 5.41) is 0. The summed E-state index contributed by atoms with van der Waals surface area (Å²) < 4.78 is 41.4. The number of nitrogens with zero attached hydrogens (tertiary/aromatic N) is 4. The zero-order valence-electron chi connectivity index (χ0n) is 15.5. The van der Waals surface area contributed by atoms with E-state index in [0.717, 1.165) is 6.54 Å². The molecule has 1 aromatic carbocycles. The number of rotatable bonds is 0. The summed E-state index contributed by atoms with van der Waals surface area (Å²) >= 11 is 0. The van der Waals surface area contributed by atoms with E-state index >= 15 is 4.39 Å². The lowest BCUT2D eigenvalue weighted by molar-refractivity contribution is 0.115. The van der Waals surface area contributed by atoms with Crippen LogP contribution in [0.15, 0.2) is 28.4 Å². The van der Waals surface area contributed by atoms with E-state index in [1.165, 1.54) is 0 Å². The van der Waals surface area contributed by atoms with Gasteiger partial charge in [-0.3, -0.25) is 0 Å². The fraction of sp³-hybridized carbons (Fsp3) is 0.500. The number of hydrogen-bond donors (Lipinski definition) is 0. The van der Waals surface area contributed by atoms with Gasteiger partial charge in [-0.25, -0.2) is 17.8 Å². The summed E-state index contributed by atoms with van der Waals surface area (Å²) in [4.78, 5) is 10.3. The first-order valence-corrected chi connectivity index (χ1v) is 10.3. The molecular formula is C18H23FN4O2S. The van der Waals surface area contributed by atoms with Crippen molar-refractivity contribution in [3.63, 3.8) is 0 Å². The van der Waals surface area contributed by atoms with Crippen LogP contribution >= 0.6 is 0 Å². The Bertz CT molecular complexity index is 956. The van der Waals surface area contributed by atoms with E-state index in [4.69, 9.17) is 0 Å². The van der Waals surface area contributed by atoms with E-state index in [1.54, 1.807) is 24.9 Å². The molecule has 0 saturated carbocycles. The van der Waals surface area contributed by atoms with Gasteiger partial charge in [0.15, 0.2) is 9.84 Å². The number of benzene rings is 1. The number of aryl methyl sites for hydroxylation is 1. The number of halogens is 1. The van der Waals surface area contributed by atoms with Crippen LogP contribution in [0.3, 0.4) is 0 Å². The summed E-state index contributed by atoms with van der Waals surface area (Å²) in [6.07, 6.45) is 0. The third kappa shape index (κ3) is 2.31. The van der Waals surface area contributed by atoms with Gasteiger partial charge < -0.3 is 14.7 Å². The highest BCUT2D eigenvalue weighted by Gasteiger charge is 2.45. The molecule has 0 bridgehead atoms. The summed E-state index contributed by atoms with van der Waals surface area (Å²) in [7, 11) is -0.0500. The van der Waals surface area contributed by atoms with Gasteiger partial charge in [0.2, 0.25) is 0 Å². The summed E-state index contributed by atoms with van der Waals surface area (Å²) in [5.41, 5.74) is 1.33. The van der Waals surface area contributed by atoms with Crippen LogP contribution in [-0.4, -0.2) is 69.1 Å². The highest BCUT2D eigenvalue weighted by Crippen LogP contribution is 2.41. The van der Waals surface area contributed by atoms with Gasteiger partial charge in [0.05, 0.1) is 23.0 Å². The van der Waals surface area contributed by atoms with Crippen molar-refractivity contribution >= 4 is 21.4 Å². The molecule has 1 saturated heterocycles. The van der Waals surface area contributed by atoms with Crippen molar-refractivity contribution in [1.29, 1.82) is 0 Å². The molecule has 4 rings (SSSR count). The number of amidine groups is 1. The number of fused-ring (bicyclic) bond motifs is 2. The number of aliphatic imine (C=N–C) groups is 1. The Morgan fingerprint density at radius 1 is 1.31 bits per heavy atom. The van der Waals surface area contributed by atoms with E-state index in [9.17, 15) is 8.42 Å². The molecule has 3 aliphatic rings. The van der Waals surface area contributed by atoms with E-state index < -0.39 is 15.7 Å². The molecule has 140 valence electrons. The van der Waals surface area contributed by atoms with Crippen molar-refractivity contribution in [3.05, 3.63) is 35.4 Å². The van der Waals surface area contributed by atoms with E-state index in [1.807, 2.05) is 14.0 Å². The average molecular weight is 378 g/mol. The van der Waals surface area contributed by atoms with Gasteiger partial charge in [-0.2, -0.15) is 0 Å². The summed E-state index contributed by atoms with van der Waals surface area (Å²) in [6, 6.07) is 1.47. The quantitative estimate of drug-likeness (QED) is 0.686. The Morgan fingerprint density at radius 2 is 2.00 bits per heavy atom. The standard InChI is InChI=1S/C18H23FN4O2S/c1-10-6-14-15-17(16(10)19)26(24,25)9-13-8-21(4)7-11(2)23(13)18(15)20-12(3)22(14)5/h6,11,13H,3,7-9H2,1-2,4-5H3. The van der Waals surface area contributed by atoms with Crippen LogP contribution in [0.4, 0.5) is 10.1 Å². The first-order valence-electron chi connectivity index (χ1n) is 8.66. The zero-order chi connectivity index (χ0) is 19.0. The van der Waals surface area contributed by atoms with E-state index in [0.29, 0.717) is 35.0 Å². The molecule has 0 N–H and O–H groups in total. The van der Waals surface area contributed by atoms with E-state index in [2.05, 4.69) is 21.4 Å². The smallest absolute Gasteiger partial charge is 0.184 e. The van der Waals surface area contributed by atoms with Crippen LogP contribution in [0, 0.1) is 12.7 Å². The second-order valence-electron chi connectivity index (χ2n) is 7.55. The lowest BCUT2D eigenvalue weighted by Crippen LogP contribution is -2.60. The molecule has 0 amide bonds. The largest absolute Gasteiger partial charge is 0.347 e. The molecule has 0 spiro atoms. The molecule has 26 heavy (non-hydrogen) atoms. The van der Waals surface area contributed by atoms with Gasteiger partial charge in [0.25, 0.3) is 0 Å². The van der Waals surface area contributed by atoms with Gasteiger partial charge in [-0.05, 0) is 32.5 Å². The molecule has 0 aromatic heterocycles. The van der Waals surface area contributed by atoms with Crippen molar-refractivity contribution in [2.75, 3.05) is 37.8 Å². The SMILES string of the molecule is C=C1N=C2c3c(cc(C)c(F)c3S(=O)(=O)CC3CN(C)CC(C)N23)N1C. The maximum absolute atomic E-state index is 15.0. The lowest BCUT2D eigenvalue weighted by Gasteiger charge is -2.46. The average Bonchev–Trinajstić information content (AvgIpc) is 2.61. The second kappa shape index (κ2) is 5.53. The van der Waals surface area contributed by atoms with E-state index in [-0.39, 0.29) is 22.7 Å². The Labute approximate surface area is 153 Å². The van der Waals surface area contributed by atoms with Gasteiger partial charge >= 0.3 is 0 Å². The van der Waals surface area contributed by atoms with Crippen molar-refractivity contribution in [1.82, 2.24) is 9.80 Å². The van der Waals surface area contributed by atoms with Crippen LogP contribution in [0.2, 0.25) is 0 Å². The molecule has 2 atom stereocenters. The Morgan fingerprint density at radius 3 is 2.69 bits per heavy atom. The minimum absolute atomic E-state index is 0.0621. The van der Waals surface area contributed by atoms with Crippen LogP contribution < -0.4 is 4.90 Å². The molecule has 6 nitrogen and oxygen atoms in total. The number of sulfone groups is 1. The Balaban J connectivity index is 2.09. The predicted octanol–water partition coefficient (Wildman–Crippen LogP) is 1.59. The summed E-state index contributed by atoms with van der Waals surface area (Å²) in [6.45, 7) is 9.03. The van der Waals surface area contributed by atoms with Crippen molar-refractivity contribution in [3.8, 4) is 0 Å². The normalized spacial score (nSPS) is 27.6. The molecule has 1 fully saturated rings. The highest BCUT2D eigenvalue weighted by atomic mass is 32.2. The number of anilines is 1. The number of piperazine rings is 1. The second-order valence-corrected chi connectivity index (χ2v) is 9.53. The van der Waals surface area contributed by atoms with Crippen LogP contribution in [0.25, 0.3) is 0 Å². The van der Waals surface area contributed by atoms with Crippen molar-refractivity contribution < 1.29 is 12.8 Å². The summed E-state index contributed by atoms with van der Waals surface area (Å²) in [5.74, 6) is 0.263. The lowest BCUT2D eigenvalue weighted by atomic mass is 10.0. The van der Waals surface area contributed by atoms with Crippen LogP contribution in [-0.2, 0) is 9.84 Å². The molecule has 3 heterocycles. The minimum Gasteiger partial charge on any atom is -0.347 e. The van der Waals surface area contributed by atoms with Crippen LogP contribution in [0.1, 0.15) is 18.1 Å². The van der Waals surface area contributed by atoms with Gasteiger partial charge in [-0.15, -0.1) is 0 Å². The fourth-order valence-corrected chi connectivity index (χ4v) is 6.25. The molecule has 8 heteroatoms. The van der Waals surface area contributed by atoms with Crippen molar-refractivity contribution in [2.45, 2.75) is 30.8 Å². The zero-order valence-corrected chi connectivity index (χ0v) is 16.3. The van der Waals surface area contributed by atoms with Crippen LogP contribution in [0.5, 0.6) is 0 Å². The van der Waals surface area contributed by atoms with Gasteiger partial charge in [0, 0.05) is 26.2 Å². The predicted molar refractivity (Wildman–Crippen MR) is 99.9 cm³/mol. The third-order valence-electron chi connectivity index (χ3n) is 5.52. The third-order valence-corrected chi connectivity index (χ3v) is 7.35. The Hall–Kier alpha value is -1.93. The molecule has 1 aromatic rings. The number of hydrogen-bond acceptors (Lipinski definition) is 6. The Kier molecular flexibility index (Phi) is 3.72. The first-order chi connectivity index (χ1) is 12.1. The maximum atomic E-state index is 15.0. The maximum Gasteiger partial charge on any atom is 0.184 e. The molecule has 0 radical (unpaired) electrons. The first kappa shape index (κ1) is 17.5. The molecular weight excluding hydrogens is 355 g/mol. The fourth-order valence-electron chi connectivity index (χ4n) is 4.37. The monoisotopic (exact) mass is 378 g/mol. The molecule has 0 aliphatic carbocycles. The molecule has 3 aliphatic heterocycles. The number of likely N-dealkylation sites (N-methyl/N-ethyl adjacent to an activating group) is 1. The topological polar surface area (TPSA) is 56.2 Å². The minimum atomic E-state index is -3.80.